The molecule has 3 heterocycles. The Bertz CT molecular complexity index is 1310. The zero-order valence-corrected chi connectivity index (χ0v) is 21.5. The van der Waals surface area contributed by atoms with Gasteiger partial charge in [0.15, 0.2) is 0 Å². The lowest BCUT2D eigenvalue weighted by atomic mass is 9.75. The van der Waals surface area contributed by atoms with Gasteiger partial charge in [-0.2, -0.15) is 0 Å². The van der Waals surface area contributed by atoms with Gasteiger partial charge in [0.1, 0.15) is 0 Å². The van der Waals surface area contributed by atoms with Crippen LogP contribution in [-0.4, -0.2) is 47.8 Å². The number of nitrogens with zero attached hydrogens (tertiary/aromatic N) is 2. The molecule has 2 amide bonds. The summed E-state index contributed by atoms with van der Waals surface area (Å²) >= 11 is 0. The first kappa shape index (κ1) is 23.9. The summed E-state index contributed by atoms with van der Waals surface area (Å²) in [4.78, 5) is 31.7. The van der Waals surface area contributed by atoms with Crippen molar-refractivity contribution in [2.75, 3.05) is 26.2 Å². The fourth-order valence-electron chi connectivity index (χ4n) is 6.53. The van der Waals surface area contributed by atoms with Crippen LogP contribution in [0.15, 0.2) is 72.8 Å². The van der Waals surface area contributed by atoms with E-state index in [1.54, 1.807) is 0 Å². The second-order valence-electron chi connectivity index (χ2n) is 10.9. The highest BCUT2D eigenvalue weighted by molar-refractivity contribution is 6.01. The van der Waals surface area contributed by atoms with Crippen molar-refractivity contribution in [2.45, 2.75) is 44.7 Å². The van der Waals surface area contributed by atoms with Crippen molar-refractivity contribution < 1.29 is 9.59 Å². The minimum Gasteiger partial charge on any atom is -0.355 e. The first-order valence-corrected chi connectivity index (χ1v) is 13.6. The maximum atomic E-state index is 13.9. The molecule has 190 valence electrons. The predicted molar refractivity (Wildman–Crippen MR) is 145 cm³/mol. The molecule has 3 aliphatic heterocycles. The first-order chi connectivity index (χ1) is 18.1. The number of likely N-dealkylation sites (tertiary alicyclic amines) is 1. The quantitative estimate of drug-likeness (QED) is 0.552. The van der Waals surface area contributed by atoms with Gasteiger partial charge in [0.25, 0.3) is 5.91 Å². The number of carbonyl (C=O) groups is 2. The van der Waals surface area contributed by atoms with Crippen LogP contribution in [0.25, 0.3) is 0 Å². The number of carbonyl (C=O) groups excluding carboxylic acids is 2. The fourth-order valence-corrected chi connectivity index (χ4v) is 6.53. The lowest BCUT2D eigenvalue weighted by molar-refractivity contribution is -0.124. The van der Waals surface area contributed by atoms with Crippen LogP contribution in [0.1, 0.15) is 63.0 Å². The average molecular weight is 494 g/mol. The number of fused-ring (bicyclic) bond motifs is 4. The Morgan fingerprint density at radius 3 is 2.49 bits per heavy atom. The Labute approximate surface area is 219 Å². The van der Waals surface area contributed by atoms with Crippen molar-refractivity contribution in [3.63, 3.8) is 0 Å². The molecule has 0 radical (unpaired) electrons. The minimum atomic E-state index is -0.392. The van der Waals surface area contributed by atoms with Crippen molar-refractivity contribution in [1.82, 2.24) is 15.1 Å². The summed E-state index contributed by atoms with van der Waals surface area (Å²) in [6, 6.07) is 24.5. The molecule has 1 saturated heterocycles. The first-order valence-electron chi connectivity index (χ1n) is 13.6. The van der Waals surface area contributed by atoms with Gasteiger partial charge in [-0.25, -0.2) is 0 Å². The minimum absolute atomic E-state index is 0.0360. The van der Waals surface area contributed by atoms with Crippen LogP contribution in [-0.2, 0) is 17.8 Å². The lowest BCUT2D eigenvalue weighted by Gasteiger charge is -2.45. The van der Waals surface area contributed by atoms with Gasteiger partial charge in [-0.3, -0.25) is 14.5 Å². The van der Waals surface area contributed by atoms with Gasteiger partial charge in [0, 0.05) is 25.2 Å². The second kappa shape index (κ2) is 10.1. The molecule has 3 aliphatic rings. The van der Waals surface area contributed by atoms with Gasteiger partial charge in [0.2, 0.25) is 5.91 Å². The second-order valence-corrected chi connectivity index (χ2v) is 10.9. The van der Waals surface area contributed by atoms with Crippen LogP contribution in [0, 0.1) is 12.8 Å². The molecule has 0 saturated carbocycles. The molecule has 1 N–H and O–H groups in total. The van der Waals surface area contributed by atoms with Gasteiger partial charge in [-0.15, -0.1) is 0 Å². The molecule has 0 bridgehead atoms. The summed E-state index contributed by atoms with van der Waals surface area (Å²) in [6.07, 6.45) is 3.00. The third kappa shape index (κ3) is 4.69. The van der Waals surface area contributed by atoms with Crippen molar-refractivity contribution in [1.29, 1.82) is 0 Å². The normalized spacial score (nSPS) is 21.6. The smallest absolute Gasteiger partial charge is 0.254 e. The summed E-state index contributed by atoms with van der Waals surface area (Å²) in [5.74, 6) is 0.165. The predicted octanol–water partition coefficient (Wildman–Crippen LogP) is 4.86. The highest BCUT2D eigenvalue weighted by Crippen LogP contribution is 2.45. The van der Waals surface area contributed by atoms with Gasteiger partial charge in [-0.1, -0.05) is 72.3 Å². The van der Waals surface area contributed by atoms with E-state index in [0.29, 0.717) is 24.6 Å². The number of hydrogen-bond donors (Lipinski definition) is 1. The van der Waals surface area contributed by atoms with E-state index in [-0.39, 0.29) is 17.9 Å². The number of benzene rings is 3. The SMILES string of the molecule is Cc1cccc(CN2CCC(CNC(=O)[C@H]3c4ccccc4C(=O)N4CCc5ccccc5[C@H]34)CC2)c1. The van der Waals surface area contributed by atoms with E-state index in [1.807, 2.05) is 41.3 Å². The molecule has 3 aromatic carbocycles. The summed E-state index contributed by atoms with van der Waals surface area (Å²) in [7, 11) is 0. The number of hydrogen-bond acceptors (Lipinski definition) is 3. The molecule has 1 fully saturated rings. The van der Waals surface area contributed by atoms with Gasteiger partial charge in [-0.05, 0) is 73.5 Å². The molecule has 0 aromatic heterocycles. The van der Waals surface area contributed by atoms with Crippen LogP contribution in [0.4, 0.5) is 0 Å². The van der Waals surface area contributed by atoms with E-state index in [1.165, 1.54) is 16.7 Å². The van der Waals surface area contributed by atoms with Crippen LogP contribution in [0.5, 0.6) is 0 Å². The van der Waals surface area contributed by atoms with E-state index < -0.39 is 5.92 Å². The Balaban J connectivity index is 1.15. The summed E-state index contributed by atoms with van der Waals surface area (Å²) in [5.41, 5.74) is 6.56. The molecule has 2 atom stereocenters. The molecule has 5 heteroatoms. The van der Waals surface area contributed by atoms with Crippen LogP contribution < -0.4 is 5.32 Å². The molecule has 6 rings (SSSR count). The van der Waals surface area contributed by atoms with E-state index in [0.717, 1.165) is 50.0 Å². The highest BCUT2D eigenvalue weighted by atomic mass is 16.2. The molecular weight excluding hydrogens is 458 g/mol. The summed E-state index contributed by atoms with van der Waals surface area (Å²) < 4.78 is 0. The van der Waals surface area contributed by atoms with Crippen molar-refractivity contribution in [3.05, 3.63) is 106 Å². The van der Waals surface area contributed by atoms with Crippen molar-refractivity contribution in [2.24, 2.45) is 5.92 Å². The molecular formula is C32H35N3O2. The molecule has 0 unspecified atom stereocenters. The Morgan fingerprint density at radius 2 is 1.68 bits per heavy atom. The van der Waals surface area contributed by atoms with Gasteiger partial charge in [0.05, 0.1) is 12.0 Å². The van der Waals surface area contributed by atoms with Gasteiger partial charge >= 0.3 is 0 Å². The molecule has 5 nitrogen and oxygen atoms in total. The van der Waals surface area contributed by atoms with Crippen LogP contribution in [0.2, 0.25) is 0 Å². The van der Waals surface area contributed by atoms with E-state index in [9.17, 15) is 9.59 Å². The maximum Gasteiger partial charge on any atom is 0.254 e. The zero-order valence-electron chi connectivity index (χ0n) is 21.5. The molecule has 3 aromatic rings. The lowest BCUT2D eigenvalue weighted by Crippen LogP contribution is -2.50. The number of rotatable bonds is 5. The fraction of sp³-hybridized carbons (Fsp3) is 0.375. The third-order valence-corrected chi connectivity index (χ3v) is 8.48. The van der Waals surface area contributed by atoms with Crippen LogP contribution in [0.3, 0.4) is 0 Å². The largest absolute Gasteiger partial charge is 0.355 e. The Kier molecular flexibility index (Phi) is 6.56. The summed E-state index contributed by atoms with van der Waals surface area (Å²) in [5, 5.41) is 3.32. The van der Waals surface area contributed by atoms with Crippen LogP contribution >= 0.6 is 0 Å². The highest BCUT2D eigenvalue weighted by Gasteiger charge is 2.46. The topological polar surface area (TPSA) is 52.7 Å². The number of amides is 2. The Hall–Kier alpha value is -3.44. The standard InChI is InChI=1S/C32H35N3O2/c1-22-7-6-8-24(19-22)21-34-16-13-23(14-17-34)20-33-31(36)29-27-11-4-5-12-28(27)32(37)35-18-15-25-9-2-3-10-26(25)30(29)35/h2-12,19,23,29-30H,13-18,20-21H2,1H3,(H,33,36)/t29-,30+/m0/s1. The van der Waals surface area contributed by atoms with E-state index >= 15 is 0 Å². The molecule has 37 heavy (non-hydrogen) atoms. The number of piperidine rings is 1. The number of nitrogens with one attached hydrogen (secondary N) is 1. The van der Waals surface area contributed by atoms with Crippen molar-refractivity contribution >= 4 is 11.8 Å². The molecule has 0 spiro atoms. The van der Waals surface area contributed by atoms with E-state index in [4.69, 9.17) is 0 Å². The zero-order chi connectivity index (χ0) is 25.4. The van der Waals surface area contributed by atoms with Crippen molar-refractivity contribution in [3.8, 4) is 0 Å². The average Bonchev–Trinajstić information content (AvgIpc) is 2.93. The third-order valence-electron chi connectivity index (χ3n) is 8.48. The summed E-state index contributed by atoms with van der Waals surface area (Å²) in [6.45, 7) is 6.59. The monoisotopic (exact) mass is 493 g/mol. The van der Waals surface area contributed by atoms with Gasteiger partial charge < -0.3 is 10.2 Å². The van der Waals surface area contributed by atoms with E-state index in [2.05, 4.69) is 53.5 Å². The maximum absolute atomic E-state index is 13.9. The molecule has 0 aliphatic carbocycles. The Morgan fingerprint density at radius 1 is 0.919 bits per heavy atom. The number of aryl methyl sites for hydroxylation is 1.